The fourth-order valence-electron chi connectivity index (χ4n) is 3.60. The number of H-pyrrole nitrogens is 1. The molecule has 0 saturated carbocycles. The van der Waals surface area contributed by atoms with Gasteiger partial charge in [-0.1, -0.05) is 12.1 Å². The standard InChI is InChI=1S/C21H18F2N4O3/c1-30-20(28)15-10-14(23)5-6-16(15)26-21(29)27-8-7-17-18(25-11-24-17)19(27)12-3-2-4-13(22)9-12/h2-6,9-11,19H,7-8H2,1H3,(H,24,25)(H,26,29)/t19-/m1/s1. The number of hydrogen-bond acceptors (Lipinski definition) is 4. The minimum absolute atomic E-state index is 0.106. The Morgan fingerprint density at radius 2 is 2.00 bits per heavy atom. The van der Waals surface area contributed by atoms with Gasteiger partial charge in [0.2, 0.25) is 0 Å². The summed E-state index contributed by atoms with van der Waals surface area (Å²) in [4.78, 5) is 34.0. The van der Waals surface area contributed by atoms with Gasteiger partial charge in [0.05, 0.1) is 30.4 Å². The number of rotatable bonds is 3. The predicted octanol–water partition coefficient (Wildman–Crippen LogP) is 3.65. The molecule has 1 atom stereocenters. The molecular weight excluding hydrogens is 394 g/mol. The smallest absolute Gasteiger partial charge is 0.340 e. The van der Waals surface area contributed by atoms with Crippen LogP contribution in [0.1, 0.15) is 33.4 Å². The first-order valence-electron chi connectivity index (χ1n) is 9.21. The topological polar surface area (TPSA) is 87.3 Å². The molecule has 4 rings (SSSR count). The Morgan fingerprint density at radius 1 is 1.20 bits per heavy atom. The van der Waals surface area contributed by atoms with Crippen LogP contribution >= 0.6 is 0 Å². The zero-order valence-corrected chi connectivity index (χ0v) is 16.0. The van der Waals surface area contributed by atoms with Gasteiger partial charge < -0.3 is 19.9 Å². The molecule has 2 amide bonds. The van der Waals surface area contributed by atoms with E-state index in [0.717, 1.165) is 17.8 Å². The van der Waals surface area contributed by atoms with Gasteiger partial charge in [-0.2, -0.15) is 0 Å². The largest absolute Gasteiger partial charge is 0.465 e. The molecule has 2 aromatic carbocycles. The predicted molar refractivity (Wildman–Crippen MR) is 104 cm³/mol. The zero-order valence-electron chi connectivity index (χ0n) is 16.0. The maximum Gasteiger partial charge on any atom is 0.340 e. The number of fused-ring (bicyclic) bond motifs is 1. The van der Waals surface area contributed by atoms with Crippen molar-refractivity contribution in [2.24, 2.45) is 0 Å². The number of halogens is 2. The van der Waals surface area contributed by atoms with Gasteiger partial charge >= 0.3 is 12.0 Å². The molecule has 0 unspecified atom stereocenters. The SMILES string of the molecule is COC(=O)c1cc(F)ccc1NC(=O)N1CCc2[nH]cnc2[C@H]1c1cccc(F)c1. The van der Waals surface area contributed by atoms with Crippen molar-refractivity contribution in [3.8, 4) is 0 Å². The van der Waals surface area contributed by atoms with Crippen LogP contribution in [0.2, 0.25) is 0 Å². The van der Waals surface area contributed by atoms with Crippen molar-refractivity contribution >= 4 is 17.7 Å². The van der Waals surface area contributed by atoms with E-state index in [9.17, 15) is 18.4 Å². The molecular formula is C21H18F2N4O3. The molecule has 1 aromatic heterocycles. The van der Waals surface area contributed by atoms with Crippen molar-refractivity contribution in [2.75, 3.05) is 19.0 Å². The fraction of sp³-hybridized carbons (Fsp3) is 0.190. The highest BCUT2D eigenvalue weighted by Gasteiger charge is 2.34. The van der Waals surface area contributed by atoms with Crippen molar-refractivity contribution in [1.82, 2.24) is 14.9 Å². The van der Waals surface area contributed by atoms with Crippen LogP contribution in [0.5, 0.6) is 0 Å². The molecule has 1 aliphatic heterocycles. The van der Waals surface area contributed by atoms with Crippen molar-refractivity contribution < 1.29 is 23.1 Å². The lowest BCUT2D eigenvalue weighted by Crippen LogP contribution is -2.43. The number of anilines is 1. The third-order valence-electron chi connectivity index (χ3n) is 4.98. The second-order valence-corrected chi connectivity index (χ2v) is 6.78. The maximum atomic E-state index is 13.9. The quantitative estimate of drug-likeness (QED) is 0.643. The third-order valence-corrected chi connectivity index (χ3v) is 4.98. The first-order chi connectivity index (χ1) is 14.5. The monoisotopic (exact) mass is 412 g/mol. The van der Waals surface area contributed by atoms with E-state index in [2.05, 4.69) is 20.0 Å². The number of carbonyl (C=O) groups excluding carboxylic acids is 2. The van der Waals surface area contributed by atoms with Crippen LogP contribution in [0.4, 0.5) is 19.3 Å². The fourth-order valence-corrected chi connectivity index (χ4v) is 3.60. The van der Waals surface area contributed by atoms with Crippen molar-refractivity contribution in [1.29, 1.82) is 0 Å². The Bertz CT molecular complexity index is 1120. The van der Waals surface area contributed by atoms with Crippen molar-refractivity contribution in [2.45, 2.75) is 12.5 Å². The number of ether oxygens (including phenoxy) is 1. The Kier molecular flexibility index (Phi) is 5.18. The highest BCUT2D eigenvalue weighted by atomic mass is 19.1. The number of benzene rings is 2. The number of nitrogens with one attached hydrogen (secondary N) is 2. The molecule has 1 aliphatic rings. The van der Waals surface area contributed by atoms with Gasteiger partial charge in [-0.25, -0.2) is 23.4 Å². The van der Waals surface area contributed by atoms with Gasteiger partial charge in [-0.15, -0.1) is 0 Å². The number of urea groups is 1. The molecule has 30 heavy (non-hydrogen) atoms. The van der Waals surface area contributed by atoms with E-state index in [1.165, 1.54) is 36.5 Å². The van der Waals surface area contributed by atoms with Gasteiger partial charge in [-0.05, 0) is 35.9 Å². The molecule has 154 valence electrons. The summed E-state index contributed by atoms with van der Waals surface area (Å²) in [5.74, 6) is -1.84. The number of aromatic amines is 1. The summed E-state index contributed by atoms with van der Waals surface area (Å²) in [7, 11) is 1.17. The molecule has 0 aliphatic carbocycles. The number of hydrogen-bond donors (Lipinski definition) is 2. The average Bonchev–Trinajstić information content (AvgIpc) is 3.22. The molecule has 7 nitrogen and oxygen atoms in total. The number of aromatic nitrogens is 2. The molecule has 9 heteroatoms. The number of nitrogens with zero attached hydrogens (tertiary/aromatic N) is 2. The normalized spacial score (nSPS) is 15.4. The summed E-state index contributed by atoms with van der Waals surface area (Å²) in [6.07, 6.45) is 2.07. The number of amides is 2. The highest BCUT2D eigenvalue weighted by molar-refractivity contribution is 6.01. The summed E-state index contributed by atoms with van der Waals surface area (Å²) in [6, 6.07) is 8.22. The van der Waals surface area contributed by atoms with E-state index in [-0.39, 0.29) is 11.3 Å². The second-order valence-electron chi connectivity index (χ2n) is 6.78. The molecule has 0 saturated heterocycles. The molecule has 2 N–H and O–H groups in total. The van der Waals surface area contributed by atoms with Crippen LogP contribution in [0.25, 0.3) is 0 Å². The Hall–Kier alpha value is -3.75. The Morgan fingerprint density at radius 3 is 2.77 bits per heavy atom. The van der Waals surface area contributed by atoms with Gasteiger partial charge in [0.25, 0.3) is 0 Å². The highest BCUT2D eigenvalue weighted by Crippen LogP contribution is 2.34. The summed E-state index contributed by atoms with van der Waals surface area (Å²) in [5, 5.41) is 2.65. The molecule has 0 radical (unpaired) electrons. The Labute approximate surface area is 170 Å². The van der Waals surface area contributed by atoms with Crippen LogP contribution in [0.3, 0.4) is 0 Å². The molecule has 2 heterocycles. The van der Waals surface area contributed by atoms with Gasteiger partial charge in [0.1, 0.15) is 17.7 Å². The summed E-state index contributed by atoms with van der Waals surface area (Å²) in [5.41, 5.74) is 2.05. The van der Waals surface area contributed by atoms with E-state index in [4.69, 9.17) is 0 Å². The maximum absolute atomic E-state index is 13.9. The Balaban J connectivity index is 1.69. The van der Waals surface area contributed by atoms with Gasteiger partial charge in [0.15, 0.2) is 0 Å². The lowest BCUT2D eigenvalue weighted by Gasteiger charge is -2.35. The minimum Gasteiger partial charge on any atom is -0.465 e. The zero-order chi connectivity index (χ0) is 21.3. The van der Waals surface area contributed by atoms with Crippen LogP contribution in [-0.4, -0.2) is 40.5 Å². The van der Waals surface area contributed by atoms with Crippen molar-refractivity contribution in [3.05, 3.63) is 82.9 Å². The number of methoxy groups -OCH3 is 1. The van der Waals surface area contributed by atoms with Gasteiger partial charge in [0, 0.05) is 18.7 Å². The van der Waals surface area contributed by atoms with Gasteiger partial charge in [-0.3, -0.25) is 0 Å². The molecule has 0 spiro atoms. The first-order valence-corrected chi connectivity index (χ1v) is 9.21. The van der Waals surface area contributed by atoms with Crippen molar-refractivity contribution in [3.63, 3.8) is 0 Å². The van der Waals surface area contributed by atoms with E-state index in [1.54, 1.807) is 12.1 Å². The summed E-state index contributed by atoms with van der Waals surface area (Å²) < 4.78 is 32.2. The third kappa shape index (κ3) is 3.61. The number of imidazole rings is 1. The second kappa shape index (κ2) is 7.94. The van der Waals surface area contributed by atoms with E-state index >= 15 is 0 Å². The summed E-state index contributed by atoms with van der Waals surface area (Å²) in [6.45, 7) is 0.330. The number of esters is 1. The van der Waals surface area contributed by atoms with Crippen LogP contribution < -0.4 is 5.32 Å². The van der Waals surface area contributed by atoms with Crippen LogP contribution in [0.15, 0.2) is 48.8 Å². The first kappa shape index (κ1) is 19.6. The molecule has 0 bridgehead atoms. The van der Waals surface area contributed by atoms with E-state index < -0.39 is 29.7 Å². The molecule has 0 fully saturated rings. The molecule has 3 aromatic rings. The van der Waals surface area contributed by atoms with Crippen LogP contribution in [0, 0.1) is 11.6 Å². The lowest BCUT2D eigenvalue weighted by molar-refractivity contribution is 0.0601. The minimum atomic E-state index is -0.778. The van der Waals surface area contributed by atoms with Crippen LogP contribution in [-0.2, 0) is 11.2 Å². The lowest BCUT2D eigenvalue weighted by atomic mass is 9.96. The number of carbonyl (C=O) groups is 2. The summed E-state index contributed by atoms with van der Waals surface area (Å²) >= 11 is 0. The van der Waals surface area contributed by atoms with E-state index in [0.29, 0.717) is 24.2 Å². The average molecular weight is 412 g/mol. The van der Waals surface area contributed by atoms with E-state index in [1.807, 2.05) is 0 Å².